The van der Waals surface area contributed by atoms with Crippen molar-refractivity contribution in [3.63, 3.8) is 0 Å². The van der Waals surface area contributed by atoms with E-state index >= 15 is 0 Å². The lowest BCUT2D eigenvalue weighted by Gasteiger charge is -2.12. The summed E-state index contributed by atoms with van der Waals surface area (Å²) in [5.41, 5.74) is 2.05. The van der Waals surface area contributed by atoms with Gasteiger partial charge in [0, 0.05) is 6.54 Å². The van der Waals surface area contributed by atoms with Crippen LogP contribution in [0.25, 0.3) is 0 Å². The SMILES string of the molecule is COc1cc(CNC(=O)c2cccs2)ccc1OCc1ccccc1. The molecule has 0 fully saturated rings. The van der Waals surface area contributed by atoms with E-state index in [1.807, 2.05) is 60.0 Å². The zero-order chi connectivity index (χ0) is 17.5. The van der Waals surface area contributed by atoms with Crippen LogP contribution >= 0.6 is 11.3 Å². The highest BCUT2D eigenvalue weighted by molar-refractivity contribution is 7.12. The second-order valence-corrected chi connectivity index (χ2v) is 6.37. The summed E-state index contributed by atoms with van der Waals surface area (Å²) in [6, 6.07) is 19.3. The van der Waals surface area contributed by atoms with Crippen LogP contribution in [0.2, 0.25) is 0 Å². The molecule has 0 aliphatic heterocycles. The number of benzene rings is 2. The van der Waals surface area contributed by atoms with E-state index in [4.69, 9.17) is 9.47 Å². The monoisotopic (exact) mass is 353 g/mol. The van der Waals surface area contributed by atoms with Crippen molar-refractivity contribution >= 4 is 17.2 Å². The molecule has 128 valence electrons. The first-order valence-corrected chi connectivity index (χ1v) is 8.79. The average Bonchev–Trinajstić information content (AvgIpc) is 3.20. The van der Waals surface area contributed by atoms with E-state index < -0.39 is 0 Å². The van der Waals surface area contributed by atoms with Crippen LogP contribution < -0.4 is 14.8 Å². The molecule has 0 atom stereocenters. The summed E-state index contributed by atoms with van der Waals surface area (Å²) in [5.74, 6) is 1.26. The molecule has 1 amide bonds. The van der Waals surface area contributed by atoms with E-state index in [0.717, 1.165) is 11.1 Å². The maximum Gasteiger partial charge on any atom is 0.261 e. The van der Waals surface area contributed by atoms with Crippen LogP contribution in [0, 0.1) is 0 Å². The third kappa shape index (κ3) is 4.61. The lowest BCUT2D eigenvalue weighted by molar-refractivity contribution is 0.0955. The molecular weight excluding hydrogens is 334 g/mol. The Morgan fingerprint density at radius 2 is 1.84 bits per heavy atom. The molecule has 1 heterocycles. The van der Waals surface area contributed by atoms with Crippen molar-refractivity contribution in [1.82, 2.24) is 5.32 Å². The van der Waals surface area contributed by atoms with Crippen molar-refractivity contribution in [2.24, 2.45) is 0 Å². The average molecular weight is 353 g/mol. The number of thiophene rings is 1. The number of amides is 1. The molecule has 0 unspecified atom stereocenters. The van der Waals surface area contributed by atoms with Gasteiger partial charge >= 0.3 is 0 Å². The van der Waals surface area contributed by atoms with Crippen LogP contribution in [-0.4, -0.2) is 13.0 Å². The van der Waals surface area contributed by atoms with E-state index in [2.05, 4.69) is 5.32 Å². The minimum absolute atomic E-state index is 0.0710. The zero-order valence-corrected chi connectivity index (χ0v) is 14.7. The van der Waals surface area contributed by atoms with Gasteiger partial charge < -0.3 is 14.8 Å². The van der Waals surface area contributed by atoms with Gasteiger partial charge in [-0.05, 0) is 34.7 Å². The lowest BCUT2D eigenvalue weighted by Crippen LogP contribution is -2.21. The molecule has 1 aromatic heterocycles. The van der Waals surface area contributed by atoms with Crippen LogP contribution in [0.15, 0.2) is 66.0 Å². The highest BCUT2D eigenvalue weighted by Crippen LogP contribution is 2.29. The quantitative estimate of drug-likeness (QED) is 0.690. The Bertz CT molecular complexity index is 816. The van der Waals surface area contributed by atoms with Gasteiger partial charge in [-0.15, -0.1) is 11.3 Å². The molecule has 3 aromatic rings. The fourth-order valence-corrected chi connectivity index (χ4v) is 2.99. The molecule has 0 saturated carbocycles. The smallest absolute Gasteiger partial charge is 0.261 e. The molecule has 4 nitrogen and oxygen atoms in total. The number of carbonyl (C=O) groups excluding carboxylic acids is 1. The minimum Gasteiger partial charge on any atom is -0.493 e. The minimum atomic E-state index is -0.0710. The Balaban J connectivity index is 1.62. The van der Waals surface area contributed by atoms with Crippen LogP contribution in [0.4, 0.5) is 0 Å². The van der Waals surface area contributed by atoms with E-state index in [9.17, 15) is 4.79 Å². The Morgan fingerprint density at radius 3 is 2.56 bits per heavy atom. The molecule has 0 radical (unpaired) electrons. The van der Waals surface area contributed by atoms with Crippen LogP contribution in [0.3, 0.4) is 0 Å². The highest BCUT2D eigenvalue weighted by Gasteiger charge is 2.09. The van der Waals surface area contributed by atoms with E-state index in [-0.39, 0.29) is 5.91 Å². The summed E-state index contributed by atoms with van der Waals surface area (Å²) in [7, 11) is 1.61. The van der Waals surface area contributed by atoms with Gasteiger partial charge in [0.25, 0.3) is 5.91 Å². The number of ether oxygens (including phenoxy) is 2. The topological polar surface area (TPSA) is 47.6 Å². The normalized spacial score (nSPS) is 10.3. The number of methoxy groups -OCH3 is 1. The Labute approximate surface area is 151 Å². The van der Waals surface area contributed by atoms with Gasteiger partial charge in [-0.2, -0.15) is 0 Å². The molecule has 5 heteroatoms. The van der Waals surface area contributed by atoms with Gasteiger partial charge in [-0.1, -0.05) is 42.5 Å². The number of carbonyl (C=O) groups is 1. The summed E-state index contributed by atoms with van der Waals surface area (Å²) in [6.07, 6.45) is 0. The molecule has 2 aromatic carbocycles. The summed E-state index contributed by atoms with van der Waals surface area (Å²) in [6.45, 7) is 0.914. The predicted octanol–water partition coefficient (Wildman–Crippen LogP) is 4.27. The third-order valence-corrected chi connectivity index (χ3v) is 4.53. The van der Waals surface area contributed by atoms with Crippen molar-refractivity contribution in [2.45, 2.75) is 13.2 Å². The standard InChI is InChI=1S/C20H19NO3S/c1-23-18-12-16(13-21-20(22)19-8-5-11-25-19)9-10-17(18)24-14-15-6-3-2-4-7-15/h2-12H,13-14H2,1H3,(H,21,22). The molecule has 1 N–H and O–H groups in total. The van der Waals surface area contributed by atoms with E-state index in [0.29, 0.717) is 29.5 Å². The number of rotatable bonds is 7. The first-order valence-electron chi connectivity index (χ1n) is 7.91. The van der Waals surface area contributed by atoms with Gasteiger partial charge in [-0.25, -0.2) is 0 Å². The summed E-state index contributed by atoms with van der Waals surface area (Å²) in [4.78, 5) is 12.7. The summed E-state index contributed by atoms with van der Waals surface area (Å²) < 4.78 is 11.3. The van der Waals surface area contributed by atoms with Gasteiger partial charge in [0.15, 0.2) is 11.5 Å². The van der Waals surface area contributed by atoms with Crippen LogP contribution in [0.5, 0.6) is 11.5 Å². The Morgan fingerprint density at radius 1 is 1.00 bits per heavy atom. The maximum absolute atomic E-state index is 12.0. The molecule has 0 aliphatic carbocycles. The number of nitrogens with one attached hydrogen (secondary N) is 1. The van der Waals surface area contributed by atoms with Crippen molar-refractivity contribution in [3.8, 4) is 11.5 Å². The highest BCUT2D eigenvalue weighted by atomic mass is 32.1. The lowest BCUT2D eigenvalue weighted by atomic mass is 10.2. The van der Waals surface area contributed by atoms with Gasteiger partial charge in [-0.3, -0.25) is 4.79 Å². The second-order valence-electron chi connectivity index (χ2n) is 5.42. The molecule has 0 aliphatic rings. The maximum atomic E-state index is 12.0. The van der Waals surface area contributed by atoms with Crippen molar-refractivity contribution in [1.29, 1.82) is 0 Å². The molecule has 0 bridgehead atoms. The first-order chi connectivity index (χ1) is 12.3. The van der Waals surface area contributed by atoms with Gasteiger partial charge in [0.05, 0.1) is 12.0 Å². The molecule has 25 heavy (non-hydrogen) atoms. The number of hydrogen-bond donors (Lipinski definition) is 1. The van der Waals surface area contributed by atoms with Gasteiger partial charge in [0.2, 0.25) is 0 Å². The van der Waals surface area contributed by atoms with E-state index in [1.165, 1.54) is 11.3 Å². The second kappa shape index (κ2) is 8.35. The predicted molar refractivity (Wildman–Crippen MR) is 99.3 cm³/mol. The molecular formula is C20H19NO3S. The third-order valence-electron chi connectivity index (χ3n) is 3.66. The van der Waals surface area contributed by atoms with Crippen molar-refractivity contribution in [3.05, 3.63) is 82.0 Å². The first kappa shape index (κ1) is 17.0. The van der Waals surface area contributed by atoms with Crippen LogP contribution in [0.1, 0.15) is 20.8 Å². The van der Waals surface area contributed by atoms with Gasteiger partial charge in [0.1, 0.15) is 6.61 Å². The summed E-state index contributed by atoms with van der Waals surface area (Å²) in [5, 5.41) is 4.79. The fourth-order valence-electron chi connectivity index (χ4n) is 2.35. The largest absolute Gasteiger partial charge is 0.493 e. The number of hydrogen-bond acceptors (Lipinski definition) is 4. The van der Waals surface area contributed by atoms with Crippen molar-refractivity contribution < 1.29 is 14.3 Å². The Hall–Kier alpha value is -2.79. The molecule has 3 rings (SSSR count). The zero-order valence-electron chi connectivity index (χ0n) is 13.9. The molecule has 0 spiro atoms. The van der Waals surface area contributed by atoms with Crippen LogP contribution in [-0.2, 0) is 13.2 Å². The molecule has 0 saturated heterocycles. The van der Waals surface area contributed by atoms with Crippen molar-refractivity contribution in [2.75, 3.05) is 7.11 Å². The summed E-state index contributed by atoms with van der Waals surface area (Å²) >= 11 is 1.42. The fraction of sp³-hybridized carbons (Fsp3) is 0.150. The Kier molecular flexibility index (Phi) is 5.69. The van der Waals surface area contributed by atoms with E-state index in [1.54, 1.807) is 13.2 Å².